The molecule has 3 aromatic rings. The van der Waals surface area contributed by atoms with Crippen molar-refractivity contribution in [1.29, 1.82) is 0 Å². The van der Waals surface area contributed by atoms with E-state index in [1.807, 2.05) is 0 Å². The fraction of sp³-hybridized carbons (Fsp3) is 0.355. The molecule has 3 aromatic carbocycles. The Morgan fingerprint density at radius 3 is 2.29 bits per heavy atom. The first-order chi connectivity index (χ1) is 21.4. The number of anilines is 1. The molecule has 12 nitrogen and oxygen atoms in total. The average molecular weight is 660 g/mol. The van der Waals surface area contributed by atoms with Gasteiger partial charge in [0, 0.05) is 42.9 Å². The number of carbonyl (C=O) groups excluding carboxylic acids is 2. The van der Waals surface area contributed by atoms with Crippen molar-refractivity contribution in [2.45, 2.75) is 29.0 Å². The van der Waals surface area contributed by atoms with Gasteiger partial charge >= 0.3 is 0 Å². The zero-order valence-corrected chi connectivity index (χ0v) is 27.2. The molecule has 2 aliphatic rings. The number of aliphatic hydroxyl groups excluding tert-OH is 1. The second-order valence-corrected chi connectivity index (χ2v) is 13.0. The third-order valence-corrected chi connectivity index (χ3v) is 10.2. The van der Waals surface area contributed by atoms with Crippen LogP contribution in [-0.2, 0) is 25.2 Å². The smallest absolute Gasteiger partial charge is 0.274 e. The predicted molar refractivity (Wildman–Crippen MR) is 166 cm³/mol. The van der Waals surface area contributed by atoms with Gasteiger partial charge in [0.15, 0.2) is 17.0 Å². The van der Waals surface area contributed by atoms with Crippen LogP contribution in [-0.4, -0.2) is 96.4 Å². The summed E-state index contributed by atoms with van der Waals surface area (Å²) in [4.78, 5) is 31.6. The molecular weight excluding hydrogens is 626 g/mol. The van der Waals surface area contributed by atoms with E-state index in [-0.39, 0.29) is 62.9 Å². The molecule has 1 N–H and O–H groups in total. The Morgan fingerprint density at radius 1 is 0.956 bits per heavy atom. The first kappa shape index (κ1) is 32.4. The van der Waals surface area contributed by atoms with Gasteiger partial charge in [0.05, 0.1) is 46.3 Å². The van der Waals surface area contributed by atoms with Gasteiger partial charge in [0.1, 0.15) is 16.4 Å². The number of β-amino-alcohol motifs (C(OH)–C–C–N with tert-alkyl or cyclic N) is 1. The highest BCUT2D eigenvalue weighted by atomic mass is 35.5. The number of nitrogens with zero attached hydrogens (tertiary/aromatic N) is 3. The van der Waals surface area contributed by atoms with Gasteiger partial charge in [-0.05, 0) is 42.8 Å². The van der Waals surface area contributed by atoms with E-state index in [9.17, 15) is 18.3 Å². The van der Waals surface area contributed by atoms with E-state index in [4.69, 9.17) is 30.5 Å². The number of hydrogen-bond acceptors (Lipinski definition) is 10. The Labute approximate surface area is 266 Å². The molecule has 0 spiro atoms. The number of fused-ring (bicyclic) bond motifs is 1. The standard InChI is InChI=1S/C31H34ClN3O9S/c1-33(2)29(37)24-15-19(36)17-34(24)31(21-8-7-9-25(42-4)28(21)44-6)22-14-18(32)10-12-23(22)35(30(31)38)45(39,40)27-13-11-20(41-3)16-26(27)43-5/h7-14,16,19,24,36H,15,17H2,1-6H3/t19-,24+,31+/m1/s1. The van der Waals surface area contributed by atoms with Gasteiger partial charge < -0.3 is 29.0 Å². The molecule has 1 saturated heterocycles. The van der Waals surface area contributed by atoms with Crippen LogP contribution in [0.1, 0.15) is 17.5 Å². The highest BCUT2D eigenvalue weighted by Gasteiger charge is 2.64. The molecule has 0 radical (unpaired) electrons. The third-order valence-electron chi connectivity index (χ3n) is 8.18. The van der Waals surface area contributed by atoms with Crippen LogP contribution in [0.3, 0.4) is 0 Å². The van der Waals surface area contributed by atoms with Crippen LogP contribution in [0.15, 0.2) is 59.5 Å². The fourth-order valence-corrected chi connectivity index (χ4v) is 8.03. The number of sulfonamides is 1. The van der Waals surface area contributed by atoms with Crippen molar-refractivity contribution in [3.05, 3.63) is 70.7 Å². The Morgan fingerprint density at radius 2 is 1.67 bits per heavy atom. The summed E-state index contributed by atoms with van der Waals surface area (Å²) < 4.78 is 52.0. The summed E-state index contributed by atoms with van der Waals surface area (Å²) in [7, 11) is 4.01. The summed E-state index contributed by atoms with van der Waals surface area (Å²) in [5.74, 6) is -0.627. The van der Waals surface area contributed by atoms with Gasteiger partial charge in [-0.2, -0.15) is 0 Å². The Balaban J connectivity index is 1.90. The number of amides is 2. The summed E-state index contributed by atoms with van der Waals surface area (Å²) in [5.41, 5.74) is -1.65. The SMILES string of the molecule is COc1ccc(S(=O)(=O)N2C(=O)[C@@](c3cccc(OC)c3OC)(N3C[C@H](O)C[C@H]3C(=O)N(C)C)c3cc(Cl)ccc32)c(OC)c1. The molecule has 45 heavy (non-hydrogen) atoms. The van der Waals surface area contributed by atoms with Crippen molar-refractivity contribution in [2.75, 3.05) is 53.4 Å². The Hall–Kier alpha value is -4.04. The summed E-state index contributed by atoms with van der Waals surface area (Å²) in [6.45, 7) is -0.151. The monoisotopic (exact) mass is 659 g/mol. The van der Waals surface area contributed by atoms with Gasteiger partial charge in [-0.15, -0.1) is 0 Å². The van der Waals surface area contributed by atoms with E-state index >= 15 is 4.79 Å². The molecule has 0 aromatic heterocycles. The minimum atomic E-state index is -4.69. The van der Waals surface area contributed by atoms with E-state index in [1.54, 1.807) is 32.3 Å². The Kier molecular flexibility index (Phi) is 8.66. The number of carbonyl (C=O) groups is 2. The van der Waals surface area contributed by atoms with Crippen molar-refractivity contribution in [3.8, 4) is 23.0 Å². The molecule has 0 aliphatic carbocycles. The Bertz CT molecular complexity index is 1770. The lowest BCUT2D eigenvalue weighted by Gasteiger charge is -2.42. The van der Waals surface area contributed by atoms with Gasteiger partial charge in [-0.1, -0.05) is 23.7 Å². The van der Waals surface area contributed by atoms with Gasteiger partial charge in [-0.3, -0.25) is 14.5 Å². The van der Waals surface area contributed by atoms with Crippen molar-refractivity contribution in [1.82, 2.24) is 9.80 Å². The van der Waals surface area contributed by atoms with Crippen LogP contribution in [0.4, 0.5) is 5.69 Å². The molecule has 0 saturated carbocycles. The number of halogens is 1. The topological polar surface area (TPSA) is 135 Å². The average Bonchev–Trinajstić information content (AvgIpc) is 3.54. The maximum Gasteiger partial charge on any atom is 0.274 e. The van der Waals surface area contributed by atoms with E-state index in [1.165, 1.54) is 74.6 Å². The van der Waals surface area contributed by atoms with Crippen LogP contribution < -0.4 is 23.3 Å². The van der Waals surface area contributed by atoms with E-state index in [2.05, 4.69) is 0 Å². The molecule has 2 heterocycles. The lowest BCUT2D eigenvalue weighted by atomic mass is 9.80. The van der Waals surface area contributed by atoms with Crippen LogP contribution >= 0.6 is 11.6 Å². The van der Waals surface area contributed by atoms with Crippen molar-refractivity contribution in [2.24, 2.45) is 0 Å². The number of para-hydroxylation sites is 1. The number of likely N-dealkylation sites (N-methyl/N-ethyl adjacent to an activating group) is 1. The molecule has 0 unspecified atom stereocenters. The lowest BCUT2D eigenvalue weighted by molar-refractivity contribution is -0.138. The minimum absolute atomic E-state index is 0.00425. The van der Waals surface area contributed by atoms with Crippen LogP contribution in [0.5, 0.6) is 23.0 Å². The van der Waals surface area contributed by atoms with E-state index < -0.39 is 33.6 Å². The summed E-state index contributed by atoms with van der Waals surface area (Å²) in [5, 5.41) is 11.2. The van der Waals surface area contributed by atoms with Gasteiger partial charge in [-0.25, -0.2) is 12.7 Å². The number of methoxy groups -OCH3 is 4. The second kappa shape index (κ2) is 12.0. The zero-order valence-electron chi connectivity index (χ0n) is 25.6. The lowest BCUT2D eigenvalue weighted by Crippen LogP contribution is -2.59. The fourth-order valence-electron chi connectivity index (χ4n) is 6.25. The number of benzene rings is 3. The quantitative estimate of drug-likeness (QED) is 0.365. The number of rotatable bonds is 9. The van der Waals surface area contributed by atoms with Crippen molar-refractivity contribution >= 4 is 39.1 Å². The largest absolute Gasteiger partial charge is 0.497 e. The molecule has 2 amide bonds. The van der Waals surface area contributed by atoms with E-state index in [0.29, 0.717) is 10.1 Å². The maximum absolute atomic E-state index is 15.3. The molecule has 3 atom stereocenters. The number of ether oxygens (including phenoxy) is 4. The number of likely N-dealkylation sites (tertiary alicyclic amines) is 1. The number of aliphatic hydroxyl groups is 1. The van der Waals surface area contributed by atoms with Crippen LogP contribution in [0.25, 0.3) is 0 Å². The van der Waals surface area contributed by atoms with Crippen molar-refractivity contribution in [3.63, 3.8) is 0 Å². The van der Waals surface area contributed by atoms with Gasteiger partial charge in [0.25, 0.3) is 15.9 Å². The normalized spacial score (nSPS) is 21.4. The van der Waals surface area contributed by atoms with E-state index in [0.717, 1.165) is 0 Å². The molecule has 5 rings (SSSR count). The second-order valence-electron chi connectivity index (χ2n) is 10.8. The minimum Gasteiger partial charge on any atom is -0.497 e. The summed E-state index contributed by atoms with van der Waals surface area (Å²) in [6, 6.07) is 12.4. The van der Waals surface area contributed by atoms with Crippen molar-refractivity contribution < 1.29 is 42.1 Å². The molecule has 240 valence electrons. The molecule has 0 bridgehead atoms. The molecule has 14 heteroatoms. The van der Waals surface area contributed by atoms with Crippen LogP contribution in [0, 0.1) is 0 Å². The maximum atomic E-state index is 15.3. The highest BCUT2D eigenvalue weighted by Crippen LogP contribution is 2.56. The molecule has 1 fully saturated rings. The van der Waals surface area contributed by atoms with Crippen LogP contribution in [0.2, 0.25) is 5.02 Å². The molecular formula is C31H34ClN3O9S. The summed E-state index contributed by atoms with van der Waals surface area (Å²) in [6.07, 6.45) is -1.03. The zero-order chi connectivity index (χ0) is 32.8. The highest BCUT2D eigenvalue weighted by molar-refractivity contribution is 7.93. The first-order valence-electron chi connectivity index (χ1n) is 13.9. The molecule has 2 aliphatic heterocycles. The third kappa shape index (κ3) is 4.94. The number of hydrogen-bond donors (Lipinski definition) is 1. The van der Waals surface area contributed by atoms with Gasteiger partial charge in [0.2, 0.25) is 5.91 Å². The first-order valence-corrected chi connectivity index (χ1v) is 15.7. The summed E-state index contributed by atoms with van der Waals surface area (Å²) >= 11 is 6.55. The predicted octanol–water partition coefficient (Wildman–Crippen LogP) is 2.88.